The molecule has 4 heteroatoms. The number of nitrogens with zero attached hydrogens (tertiary/aromatic N) is 2. The monoisotopic (exact) mass is 732 g/mol. The highest BCUT2D eigenvalue weighted by Crippen LogP contribution is 2.49. The van der Waals surface area contributed by atoms with Crippen LogP contribution in [0.15, 0.2) is 191 Å². The van der Waals surface area contributed by atoms with Crippen molar-refractivity contribution in [1.29, 1.82) is 0 Å². The molecule has 0 fully saturated rings. The highest BCUT2D eigenvalue weighted by Gasteiger charge is 2.35. The summed E-state index contributed by atoms with van der Waals surface area (Å²) >= 11 is 0. The summed E-state index contributed by atoms with van der Waals surface area (Å²) in [7, 11) is 0. The van der Waals surface area contributed by atoms with E-state index in [1.807, 2.05) is 48.5 Å². The predicted molar refractivity (Wildman–Crippen MR) is 232 cm³/mol. The molecule has 4 nitrogen and oxygen atoms in total. The topological polar surface area (TPSA) is 52.1 Å². The fraction of sp³-hybridized carbons (Fsp3) is 0.0566. The van der Waals surface area contributed by atoms with Crippen molar-refractivity contribution in [2.45, 2.75) is 19.3 Å². The van der Waals surface area contributed by atoms with Gasteiger partial charge in [0, 0.05) is 16.5 Å². The van der Waals surface area contributed by atoms with Gasteiger partial charge in [-0.3, -0.25) is 0 Å². The summed E-state index contributed by atoms with van der Waals surface area (Å²) in [5, 5.41) is 0. The molecule has 2 aromatic heterocycles. The fourth-order valence-corrected chi connectivity index (χ4v) is 8.54. The Hall–Kier alpha value is -7.30. The second-order valence-corrected chi connectivity index (χ2v) is 15.4. The largest absolute Gasteiger partial charge is 0.436 e. The van der Waals surface area contributed by atoms with Crippen LogP contribution in [0.2, 0.25) is 0 Å². The second-order valence-electron chi connectivity index (χ2n) is 15.4. The van der Waals surface area contributed by atoms with Crippen LogP contribution in [0, 0.1) is 0 Å². The predicted octanol–water partition coefficient (Wildman–Crippen LogP) is 14.3. The third-order valence-electron chi connectivity index (χ3n) is 11.5. The van der Waals surface area contributed by atoms with Gasteiger partial charge < -0.3 is 8.83 Å². The lowest BCUT2D eigenvalue weighted by Gasteiger charge is -2.22. The molecule has 10 aromatic rings. The van der Waals surface area contributed by atoms with Gasteiger partial charge >= 0.3 is 0 Å². The highest BCUT2D eigenvalue weighted by atomic mass is 16.4. The molecule has 8 aromatic carbocycles. The first-order chi connectivity index (χ1) is 27.9. The molecule has 0 aliphatic heterocycles. The molecule has 1 aliphatic rings. The molecule has 11 rings (SSSR count). The van der Waals surface area contributed by atoms with Crippen molar-refractivity contribution < 1.29 is 8.83 Å². The van der Waals surface area contributed by atoms with Gasteiger partial charge in [-0.25, -0.2) is 9.97 Å². The van der Waals surface area contributed by atoms with Gasteiger partial charge in [-0.1, -0.05) is 117 Å². The molecule has 0 N–H and O–H groups in total. The number of fused-ring (bicyclic) bond motifs is 5. The molecule has 0 saturated carbocycles. The Morgan fingerprint density at radius 2 is 0.737 bits per heavy atom. The van der Waals surface area contributed by atoms with Crippen molar-refractivity contribution in [3.63, 3.8) is 0 Å². The number of oxazole rings is 2. The van der Waals surface area contributed by atoms with Crippen molar-refractivity contribution in [3.8, 4) is 78.5 Å². The summed E-state index contributed by atoms with van der Waals surface area (Å²) in [5.74, 6) is 1.21. The van der Waals surface area contributed by atoms with Crippen LogP contribution >= 0.6 is 0 Å². The number of para-hydroxylation sites is 4. The molecule has 2 heterocycles. The van der Waals surface area contributed by atoms with Crippen LogP contribution in [0.3, 0.4) is 0 Å². The summed E-state index contributed by atoms with van der Waals surface area (Å²) in [4.78, 5) is 9.60. The maximum atomic E-state index is 6.20. The third kappa shape index (κ3) is 5.68. The van der Waals surface area contributed by atoms with Gasteiger partial charge in [0.2, 0.25) is 11.8 Å². The molecule has 0 spiro atoms. The van der Waals surface area contributed by atoms with E-state index in [1.165, 1.54) is 33.4 Å². The normalized spacial score (nSPS) is 12.9. The first-order valence-electron chi connectivity index (χ1n) is 19.4. The number of rotatable bonds is 6. The van der Waals surface area contributed by atoms with Crippen molar-refractivity contribution in [3.05, 3.63) is 193 Å². The first kappa shape index (κ1) is 33.1. The lowest BCUT2D eigenvalue weighted by molar-refractivity contribution is 0.619. The van der Waals surface area contributed by atoms with Crippen LogP contribution in [-0.4, -0.2) is 9.97 Å². The first-order valence-corrected chi connectivity index (χ1v) is 19.4. The van der Waals surface area contributed by atoms with Gasteiger partial charge in [-0.2, -0.15) is 0 Å². The van der Waals surface area contributed by atoms with Gasteiger partial charge in [0.1, 0.15) is 11.0 Å². The quantitative estimate of drug-likeness (QED) is 0.171. The Bertz CT molecular complexity index is 2980. The van der Waals surface area contributed by atoms with Crippen molar-refractivity contribution in [2.24, 2.45) is 0 Å². The van der Waals surface area contributed by atoms with Crippen molar-refractivity contribution in [2.75, 3.05) is 0 Å². The maximum absolute atomic E-state index is 6.20. The van der Waals surface area contributed by atoms with E-state index in [4.69, 9.17) is 18.8 Å². The smallest absolute Gasteiger partial charge is 0.227 e. The van der Waals surface area contributed by atoms with E-state index in [0.29, 0.717) is 11.8 Å². The van der Waals surface area contributed by atoms with E-state index in [1.54, 1.807) is 0 Å². The van der Waals surface area contributed by atoms with Gasteiger partial charge in [0.05, 0.1) is 0 Å². The lowest BCUT2D eigenvalue weighted by Crippen LogP contribution is -2.14. The second kappa shape index (κ2) is 12.9. The summed E-state index contributed by atoms with van der Waals surface area (Å²) < 4.78 is 12.4. The maximum Gasteiger partial charge on any atom is 0.227 e. The number of benzene rings is 8. The zero-order valence-corrected chi connectivity index (χ0v) is 31.5. The Balaban J connectivity index is 1.03. The number of aromatic nitrogens is 2. The average Bonchev–Trinajstić information content (AvgIpc) is 3.97. The number of hydrogen-bond acceptors (Lipinski definition) is 4. The molecule has 0 saturated heterocycles. The van der Waals surface area contributed by atoms with E-state index >= 15 is 0 Å². The summed E-state index contributed by atoms with van der Waals surface area (Å²) in [5.41, 5.74) is 19.4. The van der Waals surface area contributed by atoms with Crippen LogP contribution < -0.4 is 0 Å². The minimum Gasteiger partial charge on any atom is -0.436 e. The Morgan fingerprint density at radius 1 is 0.333 bits per heavy atom. The summed E-state index contributed by atoms with van der Waals surface area (Å²) in [6, 6.07) is 64.3. The zero-order chi connectivity index (χ0) is 38.1. The highest BCUT2D eigenvalue weighted by molar-refractivity contribution is 5.87. The van der Waals surface area contributed by atoms with E-state index in [2.05, 4.69) is 147 Å². The molecule has 0 bridgehead atoms. The summed E-state index contributed by atoms with van der Waals surface area (Å²) in [6.07, 6.45) is 0. The lowest BCUT2D eigenvalue weighted by atomic mass is 9.81. The molecule has 1 aliphatic carbocycles. The number of hydrogen-bond donors (Lipinski definition) is 0. The van der Waals surface area contributed by atoms with E-state index in [9.17, 15) is 0 Å². The Labute approximate surface area is 330 Å². The molecule has 270 valence electrons. The summed E-state index contributed by atoms with van der Waals surface area (Å²) in [6.45, 7) is 4.67. The van der Waals surface area contributed by atoms with Crippen LogP contribution in [0.1, 0.15) is 25.0 Å². The van der Waals surface area contributed by atoms with E-state index in [-0.39, 0.29) is 5.41 Å². The fourth-order valence-electron chi connectivity index (χ4n) is 8.54. The molecule has 0 atom stereocenters. The van der Waals surface area contributed by atoms with Crippen molar-refractivity contribution in [1.82, 2.24) is 9.97 Å². The SMILES string of the molecule is CC1(C)c2ccccc2-c2ccc(-c3cccc(-c4cc(-c5cccc(-c6nc7ccccc7o6)c5)cc(-c5cccc(-c6nc7ccccc7o6)c5)c4)c3)cc21. The minimum atomic E-state index is -0.0678. The van der Waals surface area contributed by atoms with Crippen LogP contribution in [0.4, 0.5) is 0 Å². The molecule has 0 radical (unpaired) electrons. The minimum absolute atomic E-state index is 0.0678. The molecule has 57 heavy (non-hydrogen) atoms. The average molecular weight is 733 g/mol. The van der Waals surface area contributed by atoms with Crippen LogP contribution in [-0.2, 0) is 5.41 Å². The van der Waals surface area contributed by atoms with E-state index in [0.717, 1.165) is 66.7 Å². The molecule has 0 unspecified atom stereocenters. The van der Waals surface area contributed by atoms with Crippen molar-refractivity contribution >= 4 is 22.2 Å². The zero-order valence-electron chi connectivity index (χ0n) is 31.5. The Morgan fingerprint density at radius 3 is 1.28 bits per heavy atom. The van der Waals surface area contributed by atoms with Gasteiger partial charge in [0.15, 0.2) is 11.2 Å². The van der Waals surface area contributed by atoms with Gasteiger partial charge in [-0.15, -0.1) is 0 Å². The van der Waals surface area contributed by atoms with Crippen LogP contribution in [0.5, 0.6) is 0 Å². The third-order valence-corrected chi connectivity index (χ3v) is 11.5. The molecular formula is C53H36N2O2. The van der Waals surface area contributed by atoms with Crippen LogP contribution in [0.25, 0.3) is 101 Å². The molecular weight excluding hydrogens is 697 g/mol. The Kier molecular flexibility index (Phi) is 7.48. The standard InChI is InChI=1S/C53H36N2O2/c1-53(2)45-19-4-3-18-43(45)44-25-24-37(32-46(44)53)33-12-9-13-34(26-33)40-29-41(35-14-10-16-38(27-35)51-54-47-20-5-7-22-49(47)56-51)31-42(30-40)36-15-11-17-39(28-36)52-55-48-21-6-8-23-50(48)57-52/h3-32H,1-2H3. The van der Waals surface area contributed by atoms with Gasteiger partial charge in [-0.05, 0) is 146 Å². The van der Waals surface area contributed by atoms with Gasteiger partial charge in [0.25, 0.3) is 0 Å². The van der Waals surface area contributed by atoms with E-state index < -0.39 is 0 Å². The molecule has 0 amide bonds.